The molecule has 1 aromatic rings. The summed E-state index contributed by atoms with van der Waals surface area (Å²) in [5, 5.41) is 0.515. The average Bonchev–Trinajstić information content (AvgIpc) is 2.30. The number of ether oxygens (including phenoxy) is 1. The van der Waals surface area contributed by atoms with Gasteiger partial charge in [0.15, 0.2) is 5.75 Å². The number of hydrogen-bond acceptors (Lipinski definition) is 2. The molecule has 80 valence electrons. The van der Waals surface area contributed by atoms with Gasteiger partial charge >= 0.3 is 0 Å². The highest BCUT2D eigenvalue weighted by molar-refractivity contribution is 9.10. The van der Waals surface area contributed by atoms with Crippen LogP contribution in [0.5, 0.6) is 5.75 Å². The summed E-state index contributed by atoms with van der Waals surface area (Å²) in [5.41, 5.74) is 0.705. The van der Waals surface area contributed by atoms with Gasteiger partial charge in [0.1, 0.15) is 0 Å². The number of carbonyl (C=O) groups excluding carboxylic acids is 1. The summed E-state index contributed by atoms with van der Waals surface area (Å²) in [6.45, 7) is 0.373. The van der Waals surface area contributed by atoms with E-state index in [9.17, 15) is 4.79 Å². The summed E-state index contributed by atoms with van der Waals surface area (Å²) >= 11 is 9.38. The lowest BCUT2D eigenvalue weighted by molar-refractivity contribution is -0.118. The normalized spacial score (nSPS) is 15.7. The van der Waals surface area contributed by atoms with Gasteiger partial charge in [0.25, 0.3) is 0 Å². The van der Waals surface area contributed by atoms with Crippen LogP contribution in [0, 0.1) is 0 Å². The Bertz CT molecular complexity index is 422. The van der Waals surface area contributed by atoms with E-state index < -0.39 is 0 Å². The van der Waals surface area contributed by atoms with E-state index in [2.05, 4.69) is 15.9 Å². The molecule has 0 unspecified atom stereocenters. The van der Waals surface area contributed by atoms with Gasteiger partial charge in [0.05, 0.1) is 23.7 Å². The van der Waals surface area contributed by atoms with Crippen LogP contribution < -0.4 is 9.64 Å². The first kappa shape index (κ1) is 10.8. The van der Waals surface area contributed by atoms with E-state index in [0.717, 1.165) is 4.47 Å². The van der Waals surface area contributed by atoms with Crippen LogP contribution in [0.2, 0.25) is 5.02 Å². The predicted octanol–water partition coefficient (Wildman–Crippen LogP) is 2.85. The van der Waals surface area contributed by atoms with Gasteiger partial charge in [-0.05, 0) is 12.1 Å². The molecular formula is C10H9BrClNO2. The Morgan fingerprint density at radius 2 is 2.27 bits per heavy atom. The van der Waals surface area contributed by atoms with Gasteiger partial charge in [-0.2, -0.15) is 0 Å². The maximum absolute atomic E-state index is 11.6. The number of halogens is 2. The SMILES string of the molecule is CN1C(=O)CCOc2c(Cl)cc(Br)cc21. The molecule has 1 aromatic carbocycles. The zero-order chi connectivity index (χ0) is 11.0. The first-order valence-electron chi connectivity index (χ1n) is 4.48. The molecule has 1 amide bonds. The first-order valence-corrected chi connectivity index (χ1v) is 5.65. The van der Waals surface area contributed by atoms with Crippen LogP contribution in [0.25, 0.3) is 0 Å². The molecule has 1 heterocycles. The lowest BCUT2D eigenvalue weighted by Crippen LogP contribution is -2.25. The largest absolute Gasteiger partial charge is 0.489 e. The van der Waals surface area contributed by atoms with Crippen molar-refractivity contribution >= 4 is 39.1 Å². The van der Waals surface area contributed by atoms with Gasteiger partial charge in [-0.25, -0.2) is 0 Å². The standard InChI is InChI=1S/C10H9BrClNO2/c1-13-8-5-6(11)4-7(12)10(8)15-3-2-9(13)14/h4-5H,2-3H2,1H3. The summed E-state index contributed by atoms with van der Waals surface area (Å²) in [7, 11) is 1.72. The second-order valence-corrected chi connectivity index (χ2v) is 4.61. The van der Waals surface area contributed by atoms with Gasteiger partial charge in [0, 0.05) is 11.5 Å². The fourth-order valence-corrected chi connectivity index (χ4v) is 2.33. The molecule has 5 heteroatoms. The lowest BCUT2D eigenvalue weighted by Gasteiger charge is -2.17. The molecule has 1 aliphatic heterocycles. The Kier molecular flexibility index (Phi) is 2.89. The Balaban J connectivity index is 2.58. The van der Waals surface area contributed by atoms with E-state index in [1.807, 2.05) is 6.07 Å². The third kappa shape index (κ3) is 1.96. The highest BCUT2D eigenvalue weighted by atomic mass is 79.9. The summed E-state index contributed by atoms with van der Waals surface area (Å²) in [4.78, 5) is 13.2. The van der Waals surface area contributed by atoms with E-state index in [0.29, 0.717) is 29.5 Å². The van der Waals surface area contributed by atoms with E-state index in [-0.39, 0.29) is 5.91 Å². The molecule has 0 bridgehead atoms. The predicted molar refractivity (Wildman–Crippen MR) is 62.7 cm³/mol. The topological polar surface area (TPSA) is 29.5 Å². The Morgan fingerprint density at radius 1 is 1.53 bits per heavy atom. The molecule has 0 radical (unpaired) electrons. The van der Waals surface area contributed by atoms with Crippen molar-refractivity contribution in [3.05, 3.63) is 21.6 Å². The Hall–Kier alpha value is -0.740. The van der Waals surface area contributed by atoms with Crippen LogP contribution in [0.1, 0.15) is 6.42 Å². The highest BCUT2D eigenvalue weighted by Crippen LogP contribution is 2.39. The minimum atomic E-state index is 0.0305. The number of nitrogens with zero attached hydrogens (tertiary/aromatic N) is 1. The number of carbonyl (C=O) groups is 1. The molecule has 0 aliphatic carbocycles. The zero-order valence-corrected chi connectivity index (χ0v) is 10.4. The average molecular weight is 291 g/mol. The lowest BCUT2D eigenvalue weighted by atomic mass is 10.2. The maximum atomic E-state index is 11.6. The van der Waals surface area contributed by atoms with Crippen LogP contribution in [0.4, 0.5) is 5.69 Å². The fourth-order valence-electron chi connectivity index (χ4n) is 1.48. The molecule has 0 N–H and O–H groups in total. The monoisotopic (exact) mass is 289 g/mol. The second kappa shape index (κ2) is 4.02. The number of hydrogen-bond donors (Lipinski definition) is 0. The second-order valence-electron chi connectivity index (χ2n) is 3.29. The number of rotatable bonds is 0. The van der Waals surface area contributed by atoms with Crippen molar-refractivity contribution < 1.29 is 9.53 Å². The van der Waals surface area contributed by atoms with E-state index in [4.69, 9.17) is 16.3 Å². The number of amides is 1. The molecule has 0 saturated carbocycles. The van der Waals surface area contributed by atoms with Crippen LogP contribution in [0.3, 0.4) is 0 Å². The first-order chi connectivity index (χ1) is 7.09. The van der Waals surface area contributed by atoms with Gasteiger partial charge in [0.2, 0.25) is 5.91 Å². The molecular weight excluding hydrogens is 281 g/mol. The van der Waals surface area contributed by atoms with Crippen LogP contribution in [0.15, 0.2) is 16.6 Å². The molecule has 0 saturated heterocycles. The van der Waals surface area contributed by atoms with E-state index in [1.165, 1.54) is 0 Å². The third-order valence-electron chi connectivity index (χ3n) is 2.29. The van der Waals surface area contributed by atoms with Crippen LogP contribution in [-0.2, 0) is 4.79 Å². The van der Waals surface area contributed by atoms with Gasteiger partial charge < -0.3 is 9.64 Å². The minimum absolute atomic E-state index is 0.0305. The van der Waals surface area contributed by atoms with E-state index >= 15 is 0 Å². The molecule has 1 aliphatic rings. The molecule has 0 fully saturated rings. The summed E-state index contributed by atoms with van der Waals surface area (Å²) in [6.07, 6.45) is 0.374. The molecule has 2 rings (SSSR count). The van der Waals surface area contributed by atoms with Crippen molar-refractivity contribution in [3.8, 4) is 5.75 Å². The van der Waals surface area contributed by atoms with Crippen molar-refractivity contribution in [1.29, 1.82) is 0 Å². The molecule has 0 spiro atoms. The molecule has 0 atom stereocenters. The summed E-state index contributed by atoms with van der Waals surface area (Å²) in [5.74, 6) is 0.608. The van der Waals surface area contributed by atoms with Crippen LogP contribution in [-0.4, -0.2) is 19.6 Å². The Morgan fingerprint density at radius 3 is 3.00 bits per heavy atom. The molecule has 3 nitrogen and oxygen atoms in total. The van der Waals surface area contributed by atoms with Gasteiger partial charge in [-0.15, -0.1) is 0 Å². The minimum Gasteiger partial charge on any atom is -0.489 e. The van der Waals surface area contributed by atoms with Crippen molar-refractivity contribution in [3.63, 3.8) is 0 Å². The molecule has 0 aromatic heterocycles. The molecule has 15 heavy (non-hydrogen) atoms. The Labute approximate surface area is 101 Å². The highest BCUT2D eigenvalue weighted by Gasteiger charge is 2.22. The van der Waals surface area contributed by atoms with Gasteiger partial charge in [-0.3, -0.25) is 4.79 Å². The quantitative estimate of drug-likeness (QED) is 0.735. The number of anilines is 1. The van der Waals surface area contributed by atoms with Crippen molar-refractivity contribution in [2.45, 2.75) is 6.42 Å². The number of fused-ring (bicyclic) bond motifs is 1. The van der Waals surface area contributed by atoms with Crippen LogP contribution >= 0.6 is 27.5 Å². The van der Waals surface area contributed by atoms with Gasteiger partial charge in [-0.1, -0.05) is 27.5 Å². The van der Waals surface area contributed by atoms with Crippen molar-refractivity contribution in [2.24, 2.45) is 0 Å². The number of benzene rings is 1. The van der Waals surface area contributed by atoms with E-state index in [1.54, 1.807) is 18.0 Å². The summed E-state index contributed by atoms with van der Waals surface area (Å²) < 4.78 is 6.29. The maximum Gasteiger partial charge on any atom is 0.230 e. The smallest absolute Gasteiger partial charge is 0.230 e. The van der Waals surface area contributed by atoms with Crippen molar-refractivity contribution in [2.75, 3.05) is 18.6 Å². The zero-order valence-electron chi connectivity index (χ0n) is 8.09. The van der Waals surface area contributed by atoms with Crippen molar-refractivity contribution in [1.82, 2.24) is 0 Å². The fraction of sp³-hybridized carbons (Fsp3) is 0.300. The third-order valence-corrected chi connectivity index (χ3v) is 3.03. The summed E-state index contributed by atoms with van der Waals surface area (Å²) in [6, 6.07) is 3.58.